The Morgan fingerprint density at radius 1 is 0.820 bits per heavy atom. The second-order valence-electron chi connectivity index (χ2n) is 28.3. The van der Waals surface area contributed by atoms with E-state index >= 15 is 0 Å². The highest BCUT2D eigenvalue weighted by Gasteiger charge is 2.49. The van der Waals surface area contributed by atoms with Crippen LogP contribution in [0.5, 0.6) is 0 Å². The number of rotatable bonds is 32. The standard InChI is InChI=1S/C74H96ClF3N10O8S4/c1-50(52-17-19-54(20-18-52)67-51(2)82-49-98-67)83-70(91)65-43-60(89)47-88(65)71(92)68(72(3,4)5)81-34-13-8-9-14-37-86-39-41-87(42-40-86)38-32-59(48-97-61-15-11-10-12-16-61)84-64-30-29-62(44-66(64)99(93,94)74(76,77)78)100(95,96)85-69(90)55-23-27-58(28-24-55)80-36-35-79-46-56-45-73(6,7)33-31-63(56)53-21-25-57(75)26-22-53/h10-12,15-30,44,49-50,59-60,65,68,79-81,84,89H,8-9,13-14,31-43,45-48H2,1-7H3,(H,83,91)(H,85,90)/t50-,59+,60+,65-,68+/m0/s1. The number of anilines is 2. The Labute approximate surface area is 601 Å². The average Bonchev–Trinajstić information content (AvgIpc) is 0.963. The number of sulfone groups is 1. The van der Waals surface area contributed by atoms with E-state index in [4.69, 9.17) is 11.6 Å². The first kappa shape index (κ1) is 77.8. The highest BCUT2D eigenvalue weighted by molar-refractivity contribution is 7.99. The predicted octanol–water partition coefficient (Wildman–Crippen LogP) is 12.8. The van der Waals surface area contributed by atoms with Crippen molar-refractivity contribution in [1.29, 1.82) is 0 Å². The minimum Gasteiger partial charge on any atom is -0.391 e. The Morgan fingerprint density at radius 2 is 1.49 bits per heavy atom. The fourth-order valence-electron chi connectivity index (χ4n) is 13.1. The van der Waals surface area contributed by atoms with E-state index in [1.54, 1.807) is 23.5 Å². The number of halogens is 4. The topological polar surface area (TPSA) is 235 Å². The van der Waals surface area contributed by atoms with Crippen LogP contribution in [0.4, 0.5) is 24.5 Å². The highest BCUT2D eigenvalue weighted by atomic mass is 35.5. The number of aliphatic hydroxyl groups excluding tert-OH is 1. The van der Waals surface area contributed by atoms with Crippen molar-refractivity contribution in [2.45, 2.75) is 157 Å². The van der Waals surface area contributed by atoms with Crippen LogP contribution in [0, 0.1) is 17.8 Å². The molecule has 9 rings (SSSR count). The zero-order valence-corrected chi connectivity index (χ0v) is 62.1. The van der Waals surface area contributed by atoms with Gasteiger partial charge in [0.15, 0.2) is 0 Å². The quantitative estimate of drug-likeness (QED) is 0.0154. The van der Waals surface area contributed by atoms with Crippen LogP contribution in [0.15, 0.2) is 147 Å². The lowest BCUT2D eigenvalue weighted by atomic mass is 9.73. The molecular weight excluding hydrogens is 1380 g/mol. The number of alkyl halides is 3. The third kappa shape index (κ3) is 21.4. The molecule has 1 aromatic heterocycles. The number of aryl methyl sites for hydroxylation is 1. The number of benzene rings is 5. The molecule has 3 aliphatic rings. The summed E-state index contributed by atoms with van der Waals surface area (Å²) in [5.74, 6) is -1.25. The molecule has 542 valence electrons. The van der Waals surface area contributed by atoms with Gasteiger partial charge in [-0.1, -0.05) is 119 Å². The molecule has 3 amide bonds. The van der Waals surface area contributed by atoms with Crippen LogP contribution in [-0.4, -0.2) is 167 Å². The van der Waals surface area contributed by atoms with E-state index in [0.717, 1.165) is 116 Å². The molecule has 26 heteroatoms. The summed E-state index contributed by atoms with van der Waals surface area (Å²) in [6, 6.07) is 31.5. The number of carbonyl (C=O) groups excluding carboxylic acids is 3. The Hall–Kier alpha value is -6.39. The number of carbonyl (C=O) groups is 3. The van der Waals surface area contributed by atoms with Gasteiger partial charge >= 0.3 is 5.51 Å². The van der Waals surface area contributed by atoms with Gasteiger partial charge in [-0.25, -0.2) is 26.5 Å². The van der Waals surface area contributed by atoms with Gasteiger partial charge in [-0.05, 0) is 165 Å². The van der Waals surface area contributed by atoms with E-state index in [1.807, 2.05) is 112 Å². The second kappa shape index (κ2) is 34.7. The Kier molecular flexibility index (Phi) is 27.0. The van der Waals surface area contributed by atoms with Crippen LogP contribution in [0.25, 0.3) is 16.0 Å². The third-order valence-corrected chi connectivity index (χ3v) is 24.1. The molecule has 0 radical (unpaired) electrons. The third-order valence-electron chi connectivity index (χ3n) is 18.9. The zero-order valence-electron chi connectivity index (χ0n) is 58.1. The van der Waals surface area contributed by atoms with Gasteiger partial charge in [-0.2, -0.15) is 13.2 Å². The number of aliphatic hydroxyl groups is 1. The summed E-state index contributed by atoms with van der Waals surface area (Å²) in [7, 11) is -11.0. The smallest absolute Gasteiger partial charge is 0.391 e. The van der Waals surface area contributed by atoms with Crippen molar-refractivity contribution in [3.8, 4) is 10.4 Å². The van der Waals surface area contributed by atoms with Gasteiger partial charge in [0.05, 0.1) is 44.9 Å². The number of hydrogen-bond donors (Lipinski definition) is 7. The monoisotopic (exact) mass is 1470 g/mol. The molecule has 2 saturated heterocycles. The van der Waals surface area contributed by atoms with Crippen LogP contribution in [0.3, 0.4) is 0 Å². The van der Waals surface area contributed by atoms with Crippen LogP contribution in [0.2, 0.25) is 5.02 Å². The lowest BCUT2D eigenvalue weighted by molar-refractivity contribution is -0.142. The molecular formula is C74H96ClF3N10O8S4. The zero-order chi connectivity index (χ0) is 72.0. The molecule has 0 spiro atoms. The Morgan fingerprint density at radius 3 is 2.15 bits per heavy atom. The van der Waals surface area contributed by atoms with Crippen molar-refractivity contribution in [3.05, 3.63) is 160 Å². The molecule has 0 bridgehead atoms. The number of amides is 3. The van der Waals surface area contributed by atoms with Crippen LogP contribution >= 0.6 is 34.7 Å². The van der Waals surface area contributed by atoms with Crippen molar-refractivity contribution in [2.75, 3.05) is 88.4 Å². The van der Waals surface area contributed by atoms with Gasteiger partial charge in [0, 0.05) is 98.3 Å². The number of hydrogen-bond acceptors (Lipinski definition) is 17. The van der Waals surface area contributed by atoms with Gasteiger partial charge in [0.1, 0.15) is 10.9 Å². The van der Waals surface area contributed by atoms with Crippen molar-refractivity contribution < 1.29 is 49.5 Å². The number of nitrogens with one attached hydrogen (secondary N) is 6. The molecule has 2 aliphatic heterocycles. The van der Waals surface area contributed by atoms with E-state index in [0.29, 0.717) is 61.7 Å². The molecule has 1 aliphatic carbocycles. The van der Waals surface area contributed by atoms with Crippen molar-refractivity contribution in [2.24, 2.45) is 10.8 Å². The molecule has 7 N–H and O–H groups in total. The minimum atomic E-state index is -6.13. The molecule has 0 saturated carbocycles. The number of β-amino-alcohol motifs (C(OH)–C–C–N with tert-alkyl or cyclic N) is 1. The summed E-state index contributed by atoms with van der Waals surface area (Å²) in [4.78, 5) is 52.0. The number of nitrogens with zero attached hydrogens (tertiary/aromatic N) is 4. The average molecular weight is 1470 g/mol. The number of thiazole rings is 1. The fourth-order valence-corrected chi connectivity index (χ4v) is 17.1. The molecule has 6 aromatic rings. The largest absolute Gasteiger partial charge is 0.501 e. The van der Waals surface area contributed by atoms with Gasteiger partial charge < -0.3 is 46.4 Å². The van der Waals surface area contributed by atoms with Gasteiger partial charge in [-0.15, -0.1) is 23.1 Å². The first-order chi connectivity index (χ1) is 47.4. The van der Waals surface area contributed by atoms with Gasteiger partial charge in [-0.3, -0.25) is 14.4 Å². The summed E-state index contributed by atoms with van der Waals surface area (Å²) in [6.45, 7) is 21.5. The number of unbranched alkanes of at least 4 members (excludes halogenated alkanes) is 3. The summed E-state index contributed by atoms with van der Waals surface area (Å²) < 4.78 is 99.9. The lowest BCUT2D eigenvalue weighted by Gasteiger charge is -2.36. The predicted molar refractivity (Wildman–Crippen MR) is 395 cm³/mol. The summed E-state index contributed by atoms with van der Waals surface area (Å²) in [6.07, 6.45) is 6.48. The molecule has 100 heavy (non-hydrogen) atoms. The van der Waals surface area contributed by atoms with Crippen LogP contribution < -0.4 is 31.3 Å². The van der Waals surface area contributed by atoms with Crippen molar-refractivity contribution in [3.63, 3.8) is 0 Å². The number of thioether (sulfide) groups is 1. The van der Waals surface area contributed by atoms with E-state index in [1.165, 1.54) is 45.5 Å². The number of piperazine rings is 1. The number of allylic oxidation sites excluding steroid dienone is 1. The van der Waals surface area contributed by atoms with Gasteiger partial charge in [0.25, 0.3) is 25.8 Å². The van der Waals surface area contributed by atoms with E-state index in [2.05, 4.69) is 67.3 Å². The summed E-state index contributed by atoms with van der Waals surface area (Å²) in [5, 5.41) is 28.0. The maximum absolute atomic E-state index is 14.5. The summed E-state index contributed by atoms with van der Waals surface area (Å²) >= 11 is 9.19. The first-order valence-electron chi connectivity index (χ1n) is 34.4. The number of aromatic nitrogens is 1. The van der Waals surface area contributed by atoms with Crippen molar-refractivity contribution in [1.82, 2.24) is 40.4 Å². The molecule has 3 heterocycles. The maximum Gasteiger partial charge on any atom is 0.501 e. The maximum atomic E-state index is 14.5. The SMILES string of the molecule is Cc1ncsc1-c1ccc([C@H](C)NC(=O)[C@@H]2C[C@@H](O)CN2C(=O)[C@@H](NCCCCCCN2CCN(CC[C@H](CSc3ccccc3)Nc3ccc(S(=O)(=O)NC(=O)c4ccc(NCCNCC5=C(c6ccc(Cl)cc6)CCC(C)(C)C5)cc4)cc3S(=O)(=O)C(F)(F)F)CC2)C(C)(C)C)cc1. The van der Waals surface area contributed by atoms with Crippen LogP contribution in [0.1, 0.15) is 133 Å². The molecule has 5 aromatic carbocycles. The Bertz CT molecular complexity index is 3980. The van der Waals surface area contributed by atoms with E-state index < -0.39 is 76.4 Å². The second-order valence-corrected chi connectivity index (χ2v) is 34.2. The molecule has 2 fully saturated rings. The normalized spacial score (nSPS) is 18.1. The van der Waals surface area contributed by atoms with E-state index in [-0.39, 0.29) is 41.8 Å². The molecule has 5 atom stereocenters. The molecule has 18 nitrogen and oxygen atoms in total. The number of sulfonamides is 1. The van der Waals surface area contributed by atoms with Crippen molar-refractivity contribution >= 4 is 89.2 Å². The lowest BCUT2D eigenvalue weighted by Crippen LogP contribution is -2.56. The summed E-state index contributed by atoms with van der Waals surface area (Å²) in [5.41, 5.74) is 2.71. The first-order valence-corrected chi connectivity index (χ1v) is 39.6. The van der Waals surface area contributed by atoms with Gasteiger partial charge in [0.2, 0.25) is 11.8 Å². The molecule has 0 unspecified atom stereocenters. The highest BCUT2D eigenvalue weighted by Crippen LogP contribution is 2.43. The fraction of sp³-hybridized carbons (Fsp3) is 0.486. The van der Waals surface area contributed by atoms with Crippen LogP contribution in [-0.2, 0) is 29.4 Å². The number of likely N-dealkylation sites (tertiary alicyclic amines) is 1. The minimum absolute atomic E-state index is 0.0533. The van der Waals surface area contributed by atoms with E-state index in [9.17, 15) is 49.5 Å². The Balaban J connectivity index is 0.730.